The third-order valence-corrected chi connectivity index (χ3v) is 5.28. The monoisotopic (exact) mass is 348 g/mol. The zero-order chi connectivity index (χ0) is 18.8. The minimum absolute atomic E-state index is 0.00881. The molecule has 142 valence electrons. The molecule has 5 heteroatoms. The van der Waals surface area contributed by atoms with Gasteiger partial charge in [0.25, 0.3) is 5.91 Å². The molecule has 1 unspecified atom stereocenters. The number of nitrogens with one attached hydrogen (secondary N) is 1. The number of likely N-dealkylation sites (tertiary alicyclic amines) is 1. The van der Waals surface area contributed by atoms with Crippen molar-refractivity contribution in [2.45, 2.75) is 78.8 Å². The van der Waals surface area contributed by atoms with Gasteiger partial charge in [0.2, 0.25) is 0 Å². The van der Waals surface area contributed by atoms with Crippen LogP contribution in [-0.4, -0.2) is 45.8 Å². The lowest BCUT2D eigenvalue weighted by molar-refractivity contribution is 0.0657. The van der Waals surface area contributed by atoms with Gasteiger partial charge in [0, 0.05) is 18.6 Å². The molecule has 0 radical (unpaired) electrons. The molecule has 1 aliphatic heterocycles. The van der Waals surface area contributed by atoms with E-state index < -0.39 is 0 Å². The van der Waals surface area contributed by atoms with Gasteiger partial charge in [-0.3, -0.25) is 14.4 Å². The van der Waals surface area contributed by atoms with Crippen LogP contribution >= 0.6 is 0 Å². The number of carbonyl (C=O) groups is 1. The van der Waals surface area contributed by atoms with Gasteiger partial charge in [0.05, 0.1) is 23.0 Å². The summed E-state index contributed by atoms with van der Waals surface area (Å²) in [6, 6.07) is 0. The van der Waals surface area contributed by atoms with Crippen molar-refractivity contribution in [3.63, 3.8) is 0 Å². The Labute approximate surface area is 153 Å². The van der Waals surface area contributed by atoms with Crippen LogP contribution in [0.1, 0.15) is 77.4 Å². The number of amides is 1. The Morgan fingerprint density at radius 1 is 1.32 bits per heavy atom. The van der Waals surface area contributed by atoms with Gasteiger partial charge >= 0.3 is 0 Å². The summed E-state index contributed by atoms with van der Waals surface area (Å²) in [5.41, 5.74) is 1.57. The summed E-state index contributed by atoms with van der Waals surface area (Å²) in [5, 5.41) is 7.63. The molecule has 1 aliphatic rings. The fourth-order valence-electron chi connectivity index (χ4n) is 3.72. The fourth-order valence-corrected chi connectivity index (χ4v) is 3.72. The maximum atomic E-state index is 12.8. The van der Waals surface area contributed by atoms with Crippen molar-refractivity contribution in [1.82, 2.24) is 20.0 Å². The molecule has 0 aromatic carbocycles. The Bertz CT molecular complexity index is 597. The molecule has 0 aliphatic carbocycles. The molecule has 0 spiro atoms. The number of hydrogen-bond donors (Lipinski definition) is 1. The van der Waals surface area contributed by atoms with Crippen molar-refractivity contribution in [3.8, 4) is 0 Å². The van der Waals surface area contributed by atoms with Gasteiger partial charge in [-0.1, -0.05) is 13.8 Å². The van der Waals surface area contributed by atoms with Crippen molar-refractivity contribution >= 4 is 5.91 Å². The van der Waals surface area contributed by atoms with Crippen LogP contribution in [-0.2, 0) is 12.0 Å². The Kier molecular flexibility index (Phi) is 5.97. The van der Waals surface area contributed by atoms with Crippen LogP contribution in [0.3, 0.4) is 0 Å². The zero-order valence-corrected chi connectivity index (χ0v) is 17.1. The average Bonchev–Trinajstić information content (AvgIpc) is 2.97. The summed E-state index contributed by atoms with van der Waals surface area (Å²) >= 11 is 0. The van der Waals surface area contributed by atoms with Crippen molar-refractivity contribution in [2.24, 2.45) is 5.92 Å². The van der Waals surface area contributed by atoms with E-state index in [1.807, 2.05) is 4.68 Å². The Morgan fingerprint density at radius 3 is 2.56 bits per heavy atom. The second-order valence-electron chi connectivity index (χ2n) is 9.13. The normalized spacial score (nSPS) is 19.9. The van der Waals surface area contributed by atoms with E-state index >= 15 is 0 Å². The first kappa shape index (κ1) is 20.0. The van der Waals surface area contributed by atoms with Gasteiger partial charge in [-0.15, -0.1) is 0 Å². The lowest BCUT2D eigenvalue weighted by Crippen LogP contribution is -2.54. The number of piperidine rings is 1. The molecule has 2 rings (SSSR count). The van der Waals surface area contributed by atoms with E-state index in [1.54, 1.807) is 6.20 Å². The molecule has 5 nitrogen and oxygen atoms in total. The second kappa shape index (κ2) is 7.48. The van der Waals surface area contributed by atoms with Crippen molar-refractivity contribution in [3.05, 3.63) is 17.5 Å². The first-order valence-corrected chi connectivity index (χ1v) is 9.67. The summed E-state index contributed by atoms with van der Waals surface area (Å²) in [4.78, 5) is 15.3. The summed E-state index contributed by atoms with van der Waals surface area (Å²) in [5.74, 6) is 0.728. The van der Waals surface area contributed by atoms with Crippen LogP contribution in [0.25, 0.3) is 0 Å². The molecular formula is C20H36N4O. The number of nitrogens with zero attached hydrogens (tertiary/aromatic N) is 3. The molecule has 2 heterocycles. The second-order valence-corrected chi connectivity index (χ2v) is 9.13. The van der Waals surface area contributed by atoms with Gasteiger partial charge in [0.15, 0.2) is 0 Å². The van der Waals surface area contributed by atoms with E-state index in [9.17, 15) is 4.79 Å². The van der Waals surface area contributed by atoms with Gasteiger partial charge in [-0.25, -0.2) is 0 Å². The highest BCUT2D eigenvalue weighted by molar-refractivity contribution is 5.95. The summed E-state index contributed by atoms with van der Waals surface area (Å²) in [6.45, 7) is 18.1. The van der Waals surface area contributed by atoms with Crippen LogP contribution in [0.5, 0.6) is 0 Å². The van der Waals surface area contributed by atoms with Crippen molar-refractivity contribution in [1.29, 1.82) is 0 Å². The zero-order valence-electron chi connectivity index (χ0n) is 17.1. The largest absolute Gasteiger partial charge is 0.350 e. The Balaban J connectivity index is 2.06. The molecule has 25 heavy (non-hydrogen) atoms. The molecule has 0 saturated carbocycles. The topological polar surface area (TPSA) is 50.2 Å². The number of hydrogen-bond acceptors (Lipinski definition) is 3. The predicted molar refractivity (Wildman–Crippen MR) is 103 cm³/mol. The van der Waals surface area contributed by atoms with E-state index in [0.717, 1.165) is 31.1 Å². The van der Waals surface area contributed by atoms with E-state index in [0.29, 0.717) is 12.1 Å². The molecule has 1 atom stereocenters. The van der Waals surface area contributed by atoms with Crippen molar-refractivity contribution < 1.29 is 4.79 Å². The molecule has 1 amide bonds. The highest BCUT2D eigenvalue weighted by atomic mass is 16.1. The van der Waals surface area contributed by atoms with E-state index in [2.05, 4.69) is 63.8 Å². The van der Waals surface area contributed by atoms with Gasteiger partial charge < -0.3 is 5.32 Å². The SMILES string of the molecule is CCc1c(C(=O)NCC(C)(C)N2CCCC(C)C2)cnn1C(C)(C)C. The summed E-state index contributed by atoms with van der Waals surface area (Å²) in [7, 11) is 0. The molecule has 1 aromatic heterocycles. The summed E-state index contributed by atoms with van der Waals surface area (Å²) < 4.78 is 1.97. The molecule has 1 N–H and O–H groups in total. The molecule has 1 saturated heterocycles. The Hall–Kier alpha value is -1.36. The standard InChI is InChI=1S/C20H36N4O/c1-8-17-16(12-22-24(17)19(3,4)5)18(25)21-14-20(6,7)23-11-9-10-15(2)13-23/h12,15H,8-11,13-14H2,1-7H3,(H,21,25). The third-order valence-electron chi connectivity index (χ3n) is 5.28. The smallest absolute Gasteiger partial charge is 0.254 e. The fraction of sp³-hybridized carbons (Fsp3) is 0.800. The van der Waals surface area contributed by atoms with Crippen LogP contribution in [0.4, 0.5) is 0 Å². The highest BCUT2D eigenvalue weighted by Crippen LogP contribution is 2.24. The lowest BCUT2D eigenvalue weighted by Gasteiger charge is -2.43. The predicted octanol–water partition coefficient (Wildman–Crippen LogP) is 3.44. The first-order chi connectivity index (χ1) is 11.6. The Morgan fingerprint density at radius 2 is 2.00 bits per heavy atom. The number of carbonyl (C=O) groups excluding carboxylic acids is 1. The van der Waals surface area contributed by atoms with Crippen LogP contribution in [0, 0.1) is 5.92 Å². The van der Waals surface area contributed by atoms with E-state index in [4.69, 9.17) is 0 Å². The van der Waals surface area contributed by atoms with Gasteiger partial charge in [-0.05, 0) is 66.3 Å². The molecule has 1 fully saturated rings. The maximum absolute atomic E-state index is 12.8. The van der Waals surface area contributed by atoms with Crippen LogP contribution in [0.15, 0.2) is 6.20 Å². The lowest BCUT2D eigenvalue weighted by atomic mass is 9.93. The highest BCUT2D eigenvalue weighted by Gasteiger charge is 2.31. The maximum Gasteiger partial charge on any atom is 0.254 e. The number of aromatic nitrogens is 2. The van der Waals surface area contributed by atoms with Crippen LogP contribution < -0.4 is 5.32 Å². The molecule has 0 bridgehead atoms. The van der Waals surface area contributed by atoms with Crippen LogP contribution in [0.2, 0.25) is 0 Å². The van der Waals surface area contributed by atoms with E-state index in [1.165, 1.54) is 12.8 Å². The summed E-state index contributed by atoms with van der Waals surface area (Å²) in [6.07, 6.45) is 5.07. The molecular weight excluding hydrogens is 312 g/mol. The minimum Gasteiger partial charge on any atom is -0.350 e. The minimum atomic E-state index is -0.118. The van der Waals surface area contributed by atoms with Crippen molar-refractivity contribution in [2.75, 3.05) is 19.6 Å². The quantitative estimate of drug-likeness (QED) is 0.887. The average molecular weight is 349 g/mol. The van der Waals surface area contributed by atoms with E-state index in [-0.39, 0.29) is 17.0 Å². The molecule has 1 aromatic rings. The third kappa shape index (κ3) is 4.63. The first-order valence-electron chi connectivity index (χ1n) is 9.67. The number of rotatable bonds is 5. The van der Waals surface area contributed by atoms with Gasteiger partial charge in [-0.2, -0.15) is 5.10 Å². The van der Waals surface area contributed by atoms with Gasteiger partial charge in [0.1, 0.15) is 0 Å².